The highest BCUT2D eigenvalue weighted by molar-refractivity contribution is 7.07. The summed E-state index contributed by atoms with van der Waals surface area (Å²) in [4.78, 5) is 32.0. The average molecular weight is 361 g/mol. The van der Waals surface area contributed by atoms with Gasteiger partial charge >= 0.3 is 5.69 Å². The molecule has 0 saturated heterocycles. The van der Waals surface area contributed by atoms with Gasteiger partial charge in [0.15, 0.2) is 0 Å². The van der Waals surface area contributed by atoms with Crippen LogP contribution in [0.5, 0.6) is 0 Å². The van der Waals surface area contributed by atoms with Crippen molar-refractivity contribution in [3.8, 4) is 11.1 Å². The number of carbonyl (C=O) groups excluding carboxylic acids is 1. The Morgan fingerprint density at radius 2 is 2.25 bits per heavy atom. The van der Waals surface area contributed by atoms with Crippen LogP contribution < -0.4 is 11.0 Å². The van der Waals surface area contributed by atoms with Crippen molar-refractivity contribution in [3.05, 3.63) is 63.6 Å². The lowest BCUT2D eigenvalue weighted by atomic mass is 10.1. The van der Waals surface area contributed by atoms with E-state index in [1.54, 1.807) is 36.0 Å². The second-order valence-electron chi connectivity index (χ2n) is 4.97. The molecule has 0 spiro atoms. The molecule has 0 aliphatic carbocycles. The van der Waals surface area contributed by atoms with E-state index in [1.807, 2.05) is 22.9 Å². The van der Waals surface area contributed by atoms with Crippen LogP contribution in [0.2, 0.25) is 0 Å². The van der Waals surface area contributed by atoms with Crippen LogP contribution in [0.15, 0.2) is 52.3 Å². The molecule has 0 aliphatic heterocycles. The summed E-state index contributed by atoms with van der Waals surface area (Å²) in [6, 6.07) is 5.56. The largest absolute Gasteiger partial charge is 0.349 e. The van der Waals surface area contributed by atoms with Gasteiger partial charge in [-0.1, -0.05) is 6.07 Å². The number of hydrogen-bond donors (Lipinski definition) is 1. The first-order valence-electron chi connectivity index (χ1n) is 7.06. The molecule has 0 fully saturated rings. The van der Waals surface area contributed by atoms with Gasteiger partial charge in [0, 0.05) is 29.7 Å². The number of carbonyl (C=O) groups is 1. The maximum atomic E-state index is 12.3. The van der Waals surface area contributed by atoms with Crippen LogP contribution in [0.3, 0.4) is 0 Å². The van der Waals surface area contributed by atoms with Gasteiger partial charge < -0.3 is 5.32 Å². The smallest absolute Gasteiger partial charge is 0.309 e. The van der Waals surface area contributed by atoms with Gasteiger partial charge in [0.2, 0.25) is 5.91 Å². The second kappa shape index (κ2) is 7.37. The van der Waals surface area contributed by atoms with Gasteiger partial charge in [-0.2, -0.15) is 16.3 Å². The molecule has 8 heteroatoms. The van der Waals surface area contributed by atoms with Gasteiger partial charge in [-0.3, -0.25) is 14.3 Å². The highest BCUT2D eigenvalue weighted by atomic mass is 35.5. The van der Waals surface area contributed by atoms with Crippen LogP contribution in [-0.2, 0) is 11.3 Å². The van der Waals surface area contributed by atoms with Gasteiger partial charge in [-0.05, 0) is 28.5 Å². The number of amides is 1. The number of anilines is 1. The van der Waals surface area contributed by atoms with E-state index in [0.717, 1.165) is 11.1 Å². The number of pyridine rings is 1. The Bertz CT molecular complexity index is 894. The highest BCUT2D eigenvalue weighted by Gasteiger charge is 2.13. The molecule has 3 aromatic rings. The van der Waals surface area contributed by atoms with E-state index in [1.165, 1.54) is 4.57 Å². The van der Waals surface area contributed by atoms with Gasteiger partial charge in [0.05, 0.1) is 6.54 Å². The molecule has 0 saturated carbocycles. The fourth-order valence-corrected chi connectivity index (χ4v) is 2.91. The number of nitrogens with one attached hydrogen (secondary N) is 1. The molecule has 0 bridgehead atoms. The normalized spacial score (nSPS) is 10.5. The highest BCUT2D eigenvalue weighted by Crippen LogP contribution is 2.24. The van der Waals surface area contributed by atoms with Gasteiger partial charge in [-0.15, -0.1) is 11.6 Å². The zero-order valence-corrected chi connectivity index (χ0v) is 14.0. The summed E-state index contributed by atoms with van der Waals surface area (Å²) < 4.78 is 1.50. The summed E-state index contributed by atoms with van der Waals surface area (Å²) in [5, 5.41) is 6.49. The summed E-state index contributed by atoms with van der Waals surface area (Å²) in [6.45, 7) is 0.409. The number of halogens is 1. The molecule has 3 aromatic heterocycles. The molecular formula is C16H13ClN4O2S. The monoisotopic (exact) mass is 360 g/mol. The molecule has 6 nitrogen and oxygen atoms in total. The Morgan fingerprint density at radius 1 is 1.38 bits per heavy atom. The lowest BCUT2D eigenvalue weighted by Gasteiger charge is -2.12. The number of aromatic nitrogens is 3. The van der Waals surface area contributed by atoms with Crippen LogP contribution in [-0.4, -0.2) is 26.3 Å². The van der Waals surface area contributed by atoms with Crippen molar-refractivity contribution >= 4 is 34.7 Å². The molecule has 0 atom stereocenters. The molecule has 1 amide bonds. The van der Waals surface area contributed by atoms with E-state index in [2.05, 4.69) is 15.3 Å². The standard InChI is InChI=1S/C16H13ClN4O2S/c17-6-14(22)19-15-13(12-2-1-4-18-7-12)9-21(16(23)20-15)8-11-3-5-24-10-11/h1-5,7,9-10H,6,8H2,(H,19,20,22,23). The first-order chi connectivity index (χ1) is 11.7. The SMILES string of the molecule is O=C(CCl)Nc1nc(=O)n(Cc2ccsc2)cc1-c1cccnc1. The van der Waals surface area contributed by atoms with E-state index in [4.69, 9.17) is 11.6 Å². The minimum Gasteiger partial charge on any atom is -0.309 e. The van der Waals surface area contributed by atoms with Crippen LogP contribution in [0, 0.1) is 0 Å². The Labute approximate surface area is 146 Å². The molecular weight excluding hydrogens is 348 g/mol. The van der Waals surface area contributed by atoms with Crippen molar-refractivity contribution in [1.82, 2.24) is 14.5 Å². The van der Waals surface area contributed by atoms with Crippen molar-refractivity contribution in [1.29, 1.82) is 0 Å². The molecule has 24 heavy (non-hydrogen) atoms. The zero-order valence-electron chi connectivity index (χ0n) is 12.5. The third-order valence-corrected chi connectivity index (χ3v) is 4.25. The first kappa shape index (κ1) is 16.4. The van der Waals surface area contributed by atoms with Crippen LogP contribution in [0.1, 0.15) is 5.56 Å². The minimum absolute atomic E-state index is 0.181. The summed E-state index contributed by atoms with van der Waals surface area (Å²) in [5.41, 5.74) is 1.92. The summed E-state index contributed by atoms with van der Waals surface area (Å²) >= 11 is 7.09. The summed E-state index contributed by atoms with van der Waals surface area (Å²) in [5.74, 6) is -0.462. The third-order valence-electron chi connectivity index (χ3n) is 3.28. The third kappa shape index (κ3) is 3.69. The van der Waals surface area contributed by atoms with Gasteiger partial charge in [0.25, 0.3) is 0 Å². The van der Waals surface area contributed by atoms with E-state index >= 15 is 0 Å². The zero-order chi connectivity index (χ0) is 16.9. The van der Waals surface area contributed by atoms with Crippen molar-refractivity contribution in [2.24, 2.45) is 0 Å². The van der Waals surface area contributed by atoms with Gasteiger partial charge in [0.1, 0.15) is 11.7 Å². The van der Waals surface area contributed by atoms with E-state index in [-0.39, 0.29) is 11.7 Å². The van der Waals surface area contributed by atoms with Crippen LogP contribution in [0.25, 0.3) is 11.1 Å². The molecule has 0 radical (unpaired) electrons. The summed E-state index contributed by atoms with van der Waals surface area (Å²) in [6.07, 6.45) is 4.97. The number of hydrogen-bond acceptors (Lipinski definition) is 5. The molecule has 0 aliphatic rings. The van der Waals surface area contributed by atoms with Crippen molar-refractivity contribution < 1.29 is 4.79 Å². The molecule has 0 aromatic carbocycles. The van der Waals surface area contributed by atoms with E-state index in [9.17, 15) is 9.59 Å². The van der Waals surface area contributed by atoms with Crippen LogP contribution in [0.4, 0.5) is 5.82 Å². The molecule has 3 heterocycles. The fraction of sp³-hybridized carbons (Fsp3) is 0.125. The Balaban J connectivity index is 2.07. The predicted molar refractivity (Wildman–Crippen MR) is 94.5 cm³/mol. The Hall–Kier alpha value is -2.51. The van der Waals surface area contributed by atoms with E-state index < -0.39 is 11.6 Å². The van der Waals surface area contributed by atoms with E-state index in [0.29, 0.717) is 12.1 Å². The summed E-state index contributed by atoms with van der Waals surface area (Å²) in [7, 11) is 0. The van der Waals surface area contributed by atoms with Crippen molar-refractivity contribution in [2.45, 2.75) is 6.54 Å². The topological polar surface area (TPSA) is 76.9 Å². The Kier molecular flexibility index (Phi) is 5.02. The number of rotatable bonds is 5. The lowest BCUT2D eigenvalue weighted by molar-refractivity contribution is -0.113. The second-order valence-corrected chi connectivity index (χ2v) is 6.02. The van der Waals surface area contributed by atoms with Crippen LogP contribution >= 0.6 is 22.9 Å². The number of nitrogens with zero attached hydrogens (tertiary/aromatic N) is 3. The maximum absolute atomic E-state index is 12.3. The Morgan fingerprint density at radius 3 is 2.92 bits per heavy atom. The maximum Gasteiger partial charge on any atom is 0.349 e. The number of thiophene rings is 1. The quantitative estimate of drug-likeness (QED) is 0.709. The van der Waals surface area contributed by atoms with Crippen molar-refractivity contribution in [2.75, 3.05) is 11.2 Å². The predicted octanol–water partition coefficient (Wildman–Crippen LogP) is 2.59. The average Bonchev–Trinajstić information content (AvgIpc) is 3.11. The molecule has 3 rings (SSSR count). The molecule has 1 N–H and O–H groups in total. The fourth-order valence-electron chi connectivity index (χ4n) is 2.18. The number of alkyl halides is 1. The minimum atomic E-state index is -0.446. The molecule has 0 unspecified atom stereocenters. The van der Waals surface area contributed by atoms with Crippen molar-refractivity contribution in [3.63, 3.8) is 0 Å². The first-order valence-corrected chi connectivity index (χ1v) is 8.54. The van der Waals surface area contributed by atoms with Gasteiger partial charge in [-0.25, -0.2) is 4.79 Å². The lowest BCUT2D eigenvalue weighted by Crippen LogP contribution is -2.26. The molecule has 122 valence electrons.